The number of nitrogens with one attached hydrogen (secondary N) is 1. The molecule has 1 atom stereocenters. The first-order valence-electron chi connectivity index (χ1n) is 12.4. The van der Waals surface area contributed by atoms with Gasteiger partial charge in [-0.1, -0.05) is 60.1 Å². The van der Waals surface area contributed by atoms with Gasteiger partial charge in [0.15, 0.2) is 0 Å². The largest absolute Gasteiger partial charge is 0.352 e. The van der Waals surface area contributed by atoms with Gasteiger partial charge in [-0.05, 0) is 48.7 Å². The maximum atomic E-state index is 13.9. The summed E-state index contributed by atoms with van der Waals surface area (Å²) in [4.78, 5) is 28.2. The Morgan fingerprint density at radius 3 is 2.45 bits per heavy atom. The van der Waals surface area contributed by atoms with Crippen LogP contribution in [0.2, 0.25) is 5.02 Å². The van der Waals surface area contributed by atoms with Gasteiger partial charge in [-0.15, -0.1) is 11.8 Å². The fraction of sp³-hybridized carbons (Fsp3) is 0.207. The van der Waals surface area contributed by atoms with Crippen LogP contribution in [0.25, 0.3) is 16.9 Å². The maximum absolute atomic E-state index is 13.9. The number of rotatable bonds is 6. The van der Waals surface area contributed by atoms with Crippen LogP contribution in [-0.2, 0) is 9.59 Å². The Bertz CT molecular complexity index is 1510. The average molecular weight is 547 g/mol. The minimum absolute atomic E-state index is 0.140. The van der Waals surface area contributed by atoms with E-state index in [-0.39, 0.29) is 41.2 Å². The van der Waals surface area contributed by atoms with Crippen molar-refractivity contribution in [3.05, 3.63) is 101 Å². The molecule has 0 spiro atoms. The van der Waals surface area contributed by atoms with Crippen molar-refractivity contribution in [1.29, 1.82) is 0 Å². The lowest BCUT2D eigenvalue weighted by molar-refractivity contribution is -0.123. The molecule has 38 heavy (non-hydrogen) atoms. The number of fused-ring (bicyclic) bond motifs is 1. The molecule has 0 bridgehead atoms. The van der Waals surface area contributed by atoms with Crippen LogP contribution in [0, 0.1) is 5.82 Å². The Hall–Kier alpha value is -3.62. The standard InChI is InChI=1S/C29H24ClFN4O2S/c30-23-9-5-4-8-22(23)28-26-27(18-6-2-1-3-7-18)33-35(21-14-10-19(31)11-15-21)29(26)34(25(37)17-38-28)16-24(36)32-20-12-13-20/h1-11,14-15,20,28H,12-13,16-17H2,(H,32,36)/t28-/m1/s1. The highest BCUT2D eigenvalue weighted by atomic mass is 35.5. The number of nitrogens with zero attached hydrogens (tertiary/aromatic N) is 3. The lowest BCUT2D eigenvalue weighted by Gasteiger charge is -2.23. The summed E-state index contributed by atoms with van der Waals surface area (Å²) in [6.07, 6.45) is 1.89. The van der Waals surface area contributed by atoms with Crippen molar-refractivity contribution in [2.24, 2.45) is 0 Å². The second-order valence-corrected chi connectivity index (χ2v) is 10.9. The zero-order valence-electron chi connectivity index (χ0n) is 20.3. The van der Waals surface area contributed by atoms with Gasteiger partial charge >= 0.3 is 0 Å². The SMILES string of the molecule is O=C(CN1C(=O)CS[C@H](c2ccccc2Cl)c2c(-c3ccccc3)nn(-c3ccc(F)cc3)c21)NC1CC1. The molecular weight excluding hydrogens is 523 g/mol. The summed E-state index contributed by atoms with van der Waals surface area (Å²) in [7, 11) is 0. The minimum Gasteiger partial charge on any atom is -0.352 e. The van der Waals surface area contributed by atoms with Crippen LogP contribution in [0.5, 0.6) is 0 Å². The summed E-state index contributed by atoms with van der Waals surface area (Å²) in [5.74, 6) is -0.169. The molecule has 1 aliphatic heterocycles. The predicted molar refractivity (Wildman–Crippen MR) is 148 cm³/mol. The van der Waals surface area contributed by atoms with Gasteiger partial charge in [-0.2, -0.15) is 5.10 Å². The van der Waals surface area contributed by atoms with Gasteiger partial charge in [0, 0.05) is 22.2 Å². The summed E-state index contributed by atoms with van der Waals surface area (Å²) in [6, 6.07) is 23.4. The second kappa shape index (κ2) is 10.3. The van der Waals surface area contributed by atoms with Gasteiger partial charge in [0.25, 0.3) is 0 Å². The fourth-order valence-corrected chi connectivity index (χ4v) is 6.21. The highest BCUT2D eigenvalue weighted by molar-refractivity contribution is 8.00. The Morgan fingerprint density at radius 1 is 1.03 bits per heavy atom. The number of hydrogen-bond acceptors (Lipinski definition) is 4. The van der Waals surface area contributed by atoms with Gasteiger partial charge in [0.1, 0.15) is 18.2 Å². The first kappa shape index (κ1) is 24.7. The Kier molecular flexibility index (Phi) is 6.68. The van der Waals surface area contributed by atoms with Crippen molar-refractivity contribution in [2.45, 2.75) is 24.1 Å². The van der Waals surface area contributed by atoms with Crippen molar-refractivity contribution in [3.8, 4) is 16.9 Å². The summed E-state index contributed by atoms with van der Waals surface area (Å²) in [5.41, 5.74) is 3.75. The smallest absolute Gasteiger partial charge is 0.240 e. The Morgan fingerprint density at radius 2 is 1.74 bits per heavy atom. The number of benzene rings is 3. The third-order valence-electron chi connectivity index (χ3n) is 6.64. The molecule has 2 aliphatic rings. The number of thioether (sulfide) groups is 1. The summed E-state index contributed by atoms with van der Waals surface area (Å²) in [5, 5.41) is 8.23. The van der Waals surface area contributed by atoms with Crippen molar-refractivity contribution in [1.82, 2.24) is 15.1 Å². The predicted octanol–water partition coefficient (Wildman–Crippen LogP) is 5.78. The first-order valence-corrected chi connectivity index (χ1v) is 13.8. The molecule has 0 radical (unpaired) electrons. The van der Waals surface area contributed by atoms with E-state index in [2.05, 4.69) is 5.32 Å². The van der Waals surface area contributed by atoms with Crippen LogP contribution in [0.4, 0.5) is 10.2 Å². The van der Waals surface area contributed by atoms with E-state index in [0.29, 0.717) is 22.2 Å². The van der Waals surface area contributed by atoms with Crippen LogP contribution in [0.15, 0.2) is 78.9 Å². The number of carbonyl (C=O) groups excluding carboxylic acids is 2. The lowest BCUT2D eigenvalue weighted by atomic mass is 9.99. The minimum atomic E-state index is -0.378. The fourth-order valence-electron chi connectivity index (χ4n) is 4.67. The summed E-state index contributed by atoms with van der Waals surface area (Å²) in [6.45, 7) is -0.140. The number of hydrogen-bond donors (Lipinski definition) is 1. The molecule has 1 aromatic heterocycles. The van der Waals surface area contributed by atoms with Gasteiger partial charge in [-0.25, -0.2) is 9.07 Å². The van der Waals surface area contributed by atoms with E-state index >= 15 is 0 Å². The highest BCUT2D eigenvalue weighted by Gasteiger charge is 2.38. The molecule has 2 amide bonds. The number of halogens is 2. The molecule has 1 N–H and O–H groups in total. The Balaban J connectivity index is 1.61. The van der Waals surface area contributed by atoms with Gasteiger partial charge in [0.05, 0.1) is 22.4 Å². The summed E-state index contributed by atoms with van der Waals surface area (Å²) < 4.78 is 15.5. The lowest BCUT2D eigenvalue weighted by Crippen LogP contribution is -2.43. The quantitative estimate of drug-likeness (QED) is 0.333. The average Bonchev–Trinajstić information content (AvgIpc) is 3.68. The van der Waals surface area contributed by atoms with Crippen LogP contribution in [0.3, 0.4) is 0 Å². The van der Waals surface area contributed by atoms with E-state index in [4.69, 9.17) is 16.7 Å². The van der Waals surface area contributed by atoms with E-state index in [1.807, 2.05) is 54.6 Å². The zero-order valence-corrected chi connectivity index (χ0v) is 21.9. The molecule has 9 heteroatoms. The molecule has 2 heterocycles. The molecule has 1 aliphatic carbocycles. The van der Waals surface area contributed by atoms with Crippen LogP contribution in [0.1, 0.15) is 29.2 Å². The second-order valence-electron chi connectivity index (χ2n) is 9.37. The molecule has 6 rings (SSSR count). The molecule has 1 saturated carbocycles. The van der Waals surface area contributed by atoms with Crippen molar-refractivity contribution in [3.63, 3.8) is 0 Å². The van der Waals surface area contributed by atoms with E-state index in [9.17, 15) is 14.0 Å². The Labute approximate surface area is 228 Å². The van der Waals surface area contributed by atoms with Crippen molar-refractivity contribution in [2.75, 3.05) is 17.2 Å². The van der Waals surface area contributed by atoms with Crippen LogP contribution in [-0.4, -0.2) is 39.9 Å². The third-order valence-corrected chi connectivity index (χ3v) is 8.22. The maximum Gasteiger partial charge on any atom is 0.240 e. The van der Waals surface area contributed by atoms with Crippen LogP contribution >= 0.6 is 23.4 Å². The molecule has 4 aromatic rings. The van der Waals surface area contributed by atoms with Crippen molar-refractivity contribution >= 4 is 41.0 Å². The number of carbonyl (C=O) groups is 2. The van der Waals surface area contributed by atoms with Crippen molar-refractivity contribution < 1.29 is 14.0 Å². The highest BCUT2D eigenvalue weighted by Crippen LogP contribution is 2.49. The summed E-state index contributed by atoms with van der Waals surface area (Å²) >= 11 is 8.15. The van der Waals surface area contributed by atoms with E-state index in [1.165, 1.54) is 28.8 Å². The number of aromatic nitrogens is 2. The molecule has 0 saturated heterocycles. The molecule has 192 valence electrons. The van der Waals surface area contributed by atoms with E-state index < -0.39 is 0 Å². The number of anilines is 1. The normalized spacial score (nSPS) is 17.2. The van der Waals surface area contributed by atoms with Gasteiger partial charge in [-0.3, -0.25) is 14.5 Å². The van der Waals surface area contributed by atoms with Gasteiger partial charge < -0.3 is 5.32 Å². The number of amides is 2. The third kappa shape index (κ3) is 4.81. The topological polar surface area (TPSA) is 67.2 Å². The molecule has 6 nitrogen and oxygen atoms in total. The van der Waals surface area contributed by atoms with Crippen LogP contribution < -0.4 is 10.2 Å². The first-order chi connectivity index (χ1) is 18.5. The molecule has 3 aromatic carbocycles. The molecule has 1 fully saturated rings. The zero-order chi connectivity index (χ0) is 26.2. The molecular formula is C29H24ClFN4O2S. The molecule has 0 unspecified atom stereocenters. The van der Waals surface area contributed by atoms with E-state index in [0.717, 1.165) is 29.5 Å². The van der Waals surface area contributed by atoms with Gasteiger partial charge in [0.2, 0.25) is 11.8 Å². The van der Waals surface area contributed by atoms with E-state index in [1.54, 1.807) is 16.8 Å². The monoisotopic (exact) mass is 546 g/mol.